The third-order valence-electron chi connectivity index (χ3n) is 3.34. The van der Waals surface area contributed by atoms with Gasteiger partial charge in [0.05, 0.1) is 9.40 Å². The molecule has 0 amide bonds. The van der Waals surface area contributed by atoms with Crippen LogP contribution in [0, 0.1) is 15.9 Å². The molecular weight excluding hydrogens is 339 g/mol. The summed E-state index contributed by atoms with van der Waals surface area (Å²) in [5, 5.41) is 11.6. The van der Waals surface area contributed by atoms with Crippen molar-refractivity contribution in [1.82, 2.24) is 4.57 Å². The zero-order chi connectivity index (χ0) is 15.0. The van der Waals surface area contributed by atoms with Crippen LogP contribution in [0.3, 0.4) is 0 Å². The standard InChI is InChI=1S/C15H10BrFN2O2/c16-15-11(2-1-3-13(15)17)9-18-7-6-10-8-12(19(20)21)4-5-14(10)18/h1-8H,9H2. The molecule has 1 aromatic heterocycles. The summed E-state index contributed by atoms with van der Waals surface area (Å²) in [5.74, 6) is -0.306. The predicted octanol–water partition coefficient (Wildman–Crippen LogP) is 4.50. The highest BCUT2D eigenvalue weighted by Crippen LogP contribution is 2.25. The zero-order valence-corrected chi connectivity index (χ0v) is 12.4. The smallest absolute Gasteiger partial charge is 0.270 e. The molecule has 0 aliphatic heterocycles. The van der Waals surface area contributed by atoms with Crippen LogP contribution in [0.2, 0.25) is 0 Å². The normalized spacial score (nSPS) is 11.0. The van der Waals surface area contributed by atoms with Gasteiger partial charge in [-0.25, -0.2) is 4.39 Å². The van der Waals surface area contributed by atoms with E-state index in [9.17, 15) is 14.5 Å². The molecule has 0 aliphatic rings. The van der Waals surface area contributed by atoms with E-state index in [1.165, 1.54) is 18.2 Å². The number of hydrogen-bond acceptors (Lipinski definition) is 2. The summed E-state index contributed by atoms with van der Waals surface area (Å²) in [6.45, 7) is 0.486. The van der Waals surface area contributed by atoms with E-state index in [1.54, 1.807) is 12.1 Å². The van der Waals surface area contributed by atoms with E-state index in [4.69, 9.17) is 0 Å². The molecule has 1 heterocycles. The predicted molar refractivity (Wildman–Crippen MR) is 81.8 cm³/mol. The molecular formula is C15H10BrFN2O2. The van der Waals surface area contributed by atoms with Crippen LogP contribution in [-0.2, 0) is 6.54 Å². The van der Waals surface area contributed by atoms with Crippen molar-refractivity contribution in [2.75, 3.05) is 0 Å². The van der Waals surface area contributed by atoms with Crippen LogP contribution in [-0.4, -0.2) is 9.49 Å². The molecule has 21 heavy (non-hydrogen) atoms. The minimum absolute atomic E-state index is 0.0622. The van der Waals surface area contributed by atoms with Crippen molar-refractivity contribution in [1.29, 1.82) is 0 Å². The average Bonchev–Trinajstić information content (AvgIpc) is 2.86. The number of fused-ring (bicyclic) bond motifs is 1. The average molecular weight is 349 g/mol. The van der Waals surface area contributed by atoms with Crippen LogP contribution in [0.5, 0.6) is 0 Å². The van der Waals surface area contributed by atoms with Crippen LogP contribution >= 0.6 is 15.9 Å². The first kappa shape index (κ1) is 13.8. The van der Waals surface area contributed by atoms with Crippen LogP contribution in [0.1, 0.15) is 5.56 Å². The van der Waals surface area contributed by atoms with Gasteiger partial charge in [-0.15, -0.1) is 0 Å². The first-order valence-electron chi connectivity index (χ1n) is 6.22. The Kier molecular flexibility index (Phi) is 3.47. The van der Waals surface area contributed by atoms with Gasteiger partial charge in [-0.3, -0.25) is 10.1 Å². The van der Waals surface area contributed by atoms with Crippen molar-refractivity contribution in [3.05, 3.63) is 74.6 Å². The quantitative estimate of drug-likeness (QED) is 0.516. The van der Waals surface area contributed by atoms with Gasteiger partial charge in [0.2, 0.25) is 0 Å². The van der Waals surface area contributed by atoms with Gasteiger partial charge >= 0.3 is 0 Å². The lowest BCUT2D eigenvalue weighted by atomic mass is 10.2. The zero-order valence-electron chi connectivity index (χ0n) is 10.8. The van der Waals surface area contributed by atoms with Crippen molar-refractivity contribution < 1.29 is 9.31 Å². The number of benzene rings is 2. The summed E-state index contributed by atoms with van der Waals surface area (Å²) < 4.78 is 15.9. The lowest BCUT2D eigenvalue weighted by Crippen LogP contribution is -1.99. The van der Waals surface area contributed by atoms with E-state index in [1.807, 2.05) is 22.9 Å². The fourth-order valence-corrected chi connectivity index (χ4v) is 2.68. The molecule has 0 aliphatic carbocycles. The molecule has 0 unspecified atom stereocenters. The van der Waals surface area contributed by atoms with Crippen LogP contribution in [0.4, 0.5) is 10.1 Å². The Balaban J connectivity index is 2.02. The van der Waals surface area contributed by atoms with Gasteiger partial charge in [-0.05, 0) is 39.7 Å². The molecule has 0 radical (unpaired) electrons. The summed E-state index contributed by atoms with van der Waals surface area (Å²) in [6.07, 6.45) is 1.84. The van der Waals surface area contributed by atoms with E-state index < -0.39 is 4.92 Å². The van der Waals surface area contributed by atoms with E-state index in [-0.39, 0.29) is 11.5 Å². The number of nitro benzene ring substituents is 1. The van der Waals surface area contributed by atoms with Gasteiger partial charge in [0.15, 0.2) is 0 Å². The Morgan fingerprint density at radius 3 is 2.81 bits per heavy atom. The number of nitrogens with zero attached hydrogens (tertiary/aromatic N) is 2. The number of halogens is 2. The Morgan fingerprint density at radius 2 is 2.05 bits per heavy atom. The maximum atomic E-state index is 13.5. The molecule has 4 nitrogen and oxygen atoms in total. The molecule has 2 aromatic carbocycles. The first-order valence-corrected chi connectivity index (χ1v) is 7.02. The number of nitro groups is 1. The van der Waals surface area contributed by atoms with Gasteiger partial charge in [-0.2, -0.15) is 0 Å². The van der Waals surface area contributed by atoms with Crippen LogP contribution < -0.4 is 0 Å². The Morgan fingerprint density at radius 1 is 1.24 bits per heavy atom. The Labute approximate surface area is 128 Å². The molecule has 3 aromatic rings. The lowest BCUT2D eigenvalue weighted by molar-refractivity contribution is -0.384. The van der Waals surface area contributed by atoms with Gasteiger partial charge in [0.25, 0.3) is 5.69 Å². The third-order valence-corrected chi connectivity index (χ3v) is 4.23. The summed E-state index contributed by atoms with van der Waals surface area (Å²) in [4.78, 5) is 10.4. The van der Waals surface area contributed by atoms with E-state index in [0.717, 1.165) is 16.5 Å². The lowest BCUT2D eigenvalue weighted by Gasteiger charge is -2.08. The van der Waals surface area contributed by atoms with Gasteiger partial charge in [0.1, 0.15) is 5.82 Å². The molecule has 6 heteroatoms. The summed E-state index contributed by atoms with van der Waals surface area (Å²) in [7, 11) is 0. The van der Waals surface area contributed by atoms with Gasteiger partial charge < -0.3 is 4.57 Å². The maximum absolute atomic E-state index is 13.5. The molecule has 0 saturated carbocycles. The van der Waals surface area contributed by atoms with Crippen molar-refractivity contribution in [3.63, 3.8) is 0 Å². The summed E-state index contributed by atoms with van der Waals surface area (Å²) >= 11 is 3.24. The fourth-order valence-electron chi connectivity index (χ4n) is 2.29. The number of non-ortho nitro benzene ring substituents is 1. The number of rotatable bonds is 3. The summed E-state index contributed by atoms with van der Waals surface area (Å²) in [5.41, 5.74) is 1.75. The Hall–Kier alpha value is -2.21. The minimum Gasteiger partial charge on any atom is -0.343 e. The van der Waals surface area contributed by atoms with Crippen LogP contribution in [0.15, 0.2) is 53.1 Å². The molecule has 0 saturated heterocycles. The van der Waals surface area contributed by atoms with Crippen molar-refractivity contribution in [3.8, 4) is 0 Å². The molecule has 0 spiro atoms. The molecule has 0 atom stereocenters. The second-order valence-electron chi connectivity index (χ2n) is 4.66. The topological polar surface area (TPSA) is 48.1 Å². The highest BCUT2D eigenvalue weighted by molar-refractivity contribution is 9.10. The van der Waals surface area contributed by atoms with Crippen molar-refractivity contribution in [2.45, 2.75) is 6.54 Å². The molecule has 3 rings (SSSR count). The first-order chi connectivity index (χ1) is 10.1. The molecule has 0 bridgehead atoms. The summed E-state index contributed by atoms with van der Waals surface area (Å²) in [6, 6.07) is 11.4. The van der Waals surface area contributed by atoms with Crippen molar-refractivity contribution in [2.24, 2.45) is 0 Å². The Bertz CT molecular complexity index is 845. The minimum atomic E-state index is -0.417. The fraction of sp³-hybridized carbons (Fsp3) is 0.0667. The third kappa shape index (κ3) is 2.54. The van der Waals surface area contributed by atoms with Gasteiger partial charge in [-0.1, -0.05) is 12.1 Å². The SMILES string of the molecule is O=[N+]([O-])c1ccc2c(ccn2Cc2cccc(F)c2Br)c1. The molecule has 0 fully saturated rings. The largest absolute Gasteiger partial charge is 0.343 e. The highest BCUT2D eigenvalue weighted by atomic mass is 79.9. The van der Waals surface area contributed by atoms with Crippen LogP contribution in [0.25, 0.3) is 10.9 Å². The number of aromatic nitrogens is 1. The highest BCUT2D eigenvalue weighted by Gasteiger charge is 2.10. The number of hydrogen-bond donors (Lipinski definition) is 0. The van der Waals surface area contributed by atoms with E-state index in [0.29, 0.717) is 11.0 Å². The second kappa shape index (κ2) is 5.29. The molecule has 106 valence electrons. The van der Waals surface area contributed by atoms with E-state index in [2.05, 4.69) is 15.9 Å². The monoisotopic (exact) mass is 348 g/mol. The van der Waals surface area contributed by atoms with Gasteiger partial charge in [0, 0.05) is 35.8 Å². The maximum Gasteiger partial charge on any atom is 0.270 e. The molecule has 0 N–H and O–H groups in total. The van der Waals surface area contributed by atoms with E-state index >= 15 is 0 Å². The van der Waals surface area contributed by atoms with Crippen molar-refractivity contribution >= 4 is 32.5 Å². The second-order valence-corrected chi connectivity index (χ2v) is 5.45.